The highest BCUT2D eigenvalue weighted by Crippen LogP contribution is 2.36. The second-order valence-corrected chi connectivity index (χ2v) is 3.68. The van der Waals surface area contributed by atoms with Crippen LogP contribution in [0.5, 0.6) is 0 Å². The summed E-state index contributed by atoms with van der Waals surface area (Å²) in [7, 11) is 0. The molecule has 0 spiro atoms. The van der Waals surface area contributed by atoms with Crippen molar-refractivity contribution in [3.8, 4) is 0 Å². The molecule has 1 fully saturated rings. The van der Waals surface area contributed by atoms with Crippen LogP contribution in [0.25, 0.3) is 0 Å². The molecule has 3 heteroatoms. The van der Waals surface area contributed by atoms with Gasteiger partial charge in [0.2, 0.25) is 0 Å². The fourth-order valence-electron chi connectivity index (χ4n) is 1.49. The van der Waals surface area contributed by atoms with E-state index in [0.29, 0.717) is 6.04 Å². The molecular formula is C9H15N3. The molecule has 1 aromatic rings. The van der Waals surface area contributed by atoms with E-state index in [1.165, 1.54) is 18.5 Å². The summed E-state index contributed by atoms with van der Waals surface area (Å²) in [6, 6.07) is 2.83. The maximum Gasteiger partial charge on any atom is 0.0597 e. The molecule has 1 saturated carbocycles. The number of aromatic nitrogens is 2. The van der Waals surface area contributed by atoms with Gasteiger partial charge in [-0.05, 0) is 32.8 Å². The lowest BCUT2D eigenvalue weighted by Crippen LogP contribution is -2.12. The monoisotopic (exact) mass is 165 g/mol. The molecule has 1 aromatic heterocycles. The van der Waals surface area contributed by atoms with Crippen LogP contribution in [0.4, 0.5) is 0 Å². The van der Waals surface area contributed by atoms with Gasteiger partial charge in [0.1, 0.15) is 0 Å². The molecule has 0 unspecified atom stereocenters. The zero-order valence-electron chi connectivity index (χ0n) is 7.62. The summed E-state index contributed by atoms with van der Waals surface area (Å²) in [5.41, 5.74) is 8.09. The third-order valence-electron chi connectivity index (χ3n) is 2.25. The lowest BCUT2D eigenvalue weighted by Gasteiger charge is -2.07. The normalized spacial score (nSPS) is 19.6. The number of aryl methyl sites for hydroxylation is 1. The Kier molecular flexibility index (Phi) is 1.68. The van der Waals surface area contributed by atoms with Crippen LogP contribution >= 0.6 is 0 Å². The van der Waals surface area contributed by atoms with Crippen LogP contribution in [0.2, 0.25) is 0 Å². The molecule has 0 amide bonds. The second-order valence-electron chi connectivity index (χ2n) is 3.68. The van der Waals surface area contributed by atoms with Crippen LogP contribution in [-0.4, -0.2) is 9.78 Å². The minimum absolute atomic E-state index is 0.104. The van der Waals surface area contributed by atoms with Crippen molar-refractivity contribution in [1.82, 2.24) is 9.78 Å². The Morgan fingerprint density at radius 3 is 2.83 bits per heavy atom. The van der Waals surface area contributed by atoms with Crippen LogP contribution in [0.15, 0.2) is 6.07 Å². The van der Waals surface area contributed by atoms with Crippen LogP contribution in [0.1, 0.15) is 43.2 Å². The molecule has 0 bridgehead atoms. The molecule has 3 nitrogen and oxygen atoms in total. The molecular weight excluding hydrogens is 150 g/mol. The van der Waals surface area contributed by atoms with E-state index in [4.69, 9.17) is 5.73 Å². The lowest BCUT2D eigenvalue weighted by atomic mass is 10.2. The van der Waals surface area contributed by atoms with Gasteiger partial charge in [-0.1, -0.05) is 0 Å². The van der Waals surface area contributed by atoms with Crippen molar-refractivity contribution in [2.45, 2.75) is 38.8 Å². The van der Waals surface area contributed by atoms with Crippen LogP contribution < -0.4 is 5.73 Å². The zero-order chi connectivity index (χ0) is 8.72. The van der Waals surface area contributed by atoms with Gasteiger partial charge in [0.05, 0.1) is 17.4 Å². The maximum absolute atomic E-state index is 5.83. The van der Waals surface area contributed by atoms with E-state index in [-0.39, 0.29) is 6.04 Å². The average Bonchev–Trinajstić information content (AvgIpc) is 2.75. The van der Waals surface area contributed by atoms with Gasteiger partial charge in [0.15, 0.2) is 0 Å². The first kappa shape index (κ1) is 7.80. The molecule has 2 rings (SSSR count). The van der Waals surface area contributed by atoms with Gasteiger partial charge in [-0.15, -0.1) is 0 Å². The van der Waals surface area contributed by atoms with E-state index in [1.54, 1.807) is 0 Å². The smallest absolute Gasteiger partial charge is 0.0597 e. The molecule has 1 heterocycles. The third-order valence-corrected chi connectivity index (χ3v) is 2.25. The lowest BCUT2D eigenvalue weighted by molar-refractivity contribution is 0.573. The highest BCUT2D eigenvalue weighted by Gasteiger charge is 2.27. The summed E-state index contributed by atoms with van der Waals surface area (Å²) >= 11 is 0. The van der Waals surface area contributed by atoms with Crippen LogP contribution in [0, 0.1) is 6.92 Å². The molecule has 2 N–H and O–H groups in total. The summed E-state index contributed by atoms with van der Waals surface area (Å²) < 4.78 is 2.10. The van der Waals surface area contributed by atoms with E-state index in [1.807, 2.05) is 13.8 Å². The summed E-state index contributed by atoms with van der Waals surface area (Å²) in [5, 5.41) is 4.43. The highest BCUT2D eigenvalue weighted by atomic mass is 15.3. The Labute approximate surface area is 72.6 Å². The van der Waals surface area contributed by atoms with Gasteiger partial charge in [0, 0.05) is 6.04 Å². The van der Waals surface area contributed by atoms with Crippen molar-refractivity contribution in [2.75, 3.05) is 0 Å². The molecule has 0 aliphatic heterocycles. The number of nitrogens with two attached hydrogens (primary N) is 1. The van der Waals surface area contributed by atoms with Gasteiger partial charge in [0.25, 0.3) is 0 Å². The molecule has 0 radical (unpaired) electrons. The van der Waals surface area contributed by atoms with E-state index < -0.39 is 0 Å². The molecule has 12 heavy (non-hydrogen) atoms. The Morgan fingerprint density at radius 2 is 2.33 bits per heavy atom. The topological polar surface area (TPSA) is 43.8 Å². The summed E-state index contributed by atoms with van der Waals surface area (Å²) in [6.45, 7) is 4.03. The Hall–Kier alpha value is -0.830. The van der Waals surface area contributed by atoms with Crippen LogP contribution in [0.3, 0.4) is 0 Å². The molecule has 66 valence electrons. The second kappa shape index (κ2) is 2.59. The van der Waals surface area contributed by atoms with Gasteiger partial charge in [-0.3, -0.25) is 4.68 Å². The van der Waals surface area contributed by atoms with E-state index in [9.17, 15) is 0 Å². The largest absolute Gasteiger partial charge is 0.323 e. The van der Waals surface area contributed by atoms with E-state index in [0.717, 1.165) is 5.69 Å². The predicted octanol–water partition coefficient (Wildman–Crippen LogP) is 1.55. The Bertz CT molecular complexity index is 264. The van der Waals surface area contributed by atoms with Gasteiger partial charge in [-0.25, -0.2) is 0 Å². The first-order chi connectivity index (χ1) is 5.68. The first-order valence-electron chi connectivity index (χ1n) is 4.50. The third kappa shape index (κ3) is 1.25. The summed E-state index contributed by atoms with van der Waals surface area (Å²) in [6.07, 6.45) is 2.53. The molecule has 0 aromatic carbocycles. The van der Waals surface area contributed by atoms with Crippen molar-refractivity contribution in [2.24, 2.45) is 5.73 Å². The van der Waals surface area contributed by atoms with Crippen molar-refractivity contribution in [3.05, 3.63) is 17.5 Å². The fraction of sp³-hybridized carbons (Fsp3) is 0.667. The van der Waals surface area contributed by atoms with Gasteiger partial charge < -0.3 is 5.73 Å². The minimum Gasteiger partial charge on any atom is -0.323 e. The molecule has 1 atom stereocenters. The zero-order valence-corrected chi connectivity index (χ0v) is 7.62. The van der Waals surface area contributed by atoms with Crippen molar-refractivity contribution in [3.63, 3.8) is 0 Å². The SMILES string of the molecule is Cc1cc([C@@H](C)N)n(C2CC2)n1. The van der Waals surface area contributed by atoms with Crippen LogP contribution in [-0.2, 0) is 0 Å². The predicted molar refractivity (Wildman–Crippen MR) is 47.8 cm³/mol. The van der Waals surface area contributed by atoms with E-state index >= 15 is 0 Å². The van der Waals surface area contributed by atoms with Gasteiger partial charge >= 0.3 is 0 Å². The van der Waals surface area contributed by atoms with Crippen molar-refractivity contribution < 1.29 is 0 Å². The quantitative estimate of drug-likeness (QED) is 0.722. The summed E-state index contributed by atoms with van der Waals surface area (Å²) in [5.74, 6) is 0. The van der Waals surface area contributed by atoms with Crippen molar-refractivity contribution in [1.29, 1.82) is 0 Å². The molecule has 1 aliphatic rings. The number of nitrogens with zero attached hydrogens (tertiary/aromatic N) is 2. The minimum atomic E-state index is 0.104. The van der Waals surface area contributed by atoms with Crippen molar-refractivity contribution >= 4 is 0 Å². The number of hydrogen-bond acceptors (Lipinski definition) is 2. The average molecular weight is 165 g/mol. The number of rotatable bonds is 2. The maximum atomic E-state index is 5.83. The fourth-order valence-corrected chi connectivity index (χ4v) is 1.49. The first-order valence-corrected chi connectivity index (χ1v) is 4.50. The number of hydrogen-bond donors (Lipinski definition) is 1. The standard InChI is InChI=1S/C9H15N3/c1-6-5-9(7(2)10)12(11-6)8-3-4-8/h5,7-8H,3-4,10H2,1-2H3/t7-/m1/s1. The molecule has 0 saturated heterocycles. The van der Waals surface area contributed by atoms with E-state index in [2.05, 4.69) is 15.8 Å². The molecule has 1 aliphatic carbocycles. The Morgan fingerprint density at radius 1 is 1.67 bits per heavy atom. The highest BCUT2D eigenvalue weighted by molar-refractivity contribution is 5.14. The summed E-state index contributed by atoms with van der Waals surface area (Å²) in [4.78, 5) is 0. The van der Waals surface area contributed by atoms with Gasteiger partial charge in [-0.2, -0.15) is 5.10 Å². The Balaban J connectivity index is 2.36.